The third kappa shape index (κ3) is 1.90. The summed E-state index contributed by atoms with van der Waals surface area (Å²) in [5.74, 6) is 1.63. The summed E-state index contributed by atoms with van der Waals surface area (Å²) in [5, 5.41) is 0. The van der Waals surface area contributed by atoms with E-state index in [1.165, 1.54) is 25.7 Å². The molecular weight excluding hydrogens is 232 g/mol. The first-order valence-electron chi connectivity index (χ1n) is 7.42. The summed E-state index contributed by atoms with van der Waals surface area (Å²) < 4.78 is 21.1. The number of fused-ring (bicyclic) bond motifs is 2. The highest BCUT2D eigenvalue weighted by molar-refractivity contribution is 5.03. The van der Waals surface area contributed by atoms with E-state index in [1.54, 1.807) is 0 Å². The zero-order valence-electron chi connectivity index (χ0n) is 10.5. The highest BCUT2D eigenvalue weighted by Gasteiger charge is 2.55. The Hall–Kier alpha value is -0.160. The summed E-state index contributed by atoms with van der Waals surface area (Å²) in [6.07, 6.45) is 8.92. The van der Waals surface area contributed by atoms with Crippen LogP contribution in [0.5, 0.6) is 0 Å². The molecule has 6 fully saturated rings. The molecule has 0 aromatic rings. The number of rotatable bonds is 2. The van der Waals surface area contributed by atoms with E-state index in [0.717, 1.165) is 25.0 Å². The van der Waals surface area contributed by atoms with E-state index in [2.05, 4.69) is 0 Å². The maximum Gasteiger partial charge on any atom is 0.0895 e. The van der Waals surface area contributed by atoms with Gasteiger partial charge in [-0.05, 0) is 31.6 Å². The van der Waals surface area contributed by atoms with Crippen molar-refractivity contribution in [2.75, 3.05) is 13.2 Å². The quantitative estimate of drug-likeness (QED) is 0.691. The van der Waals surface area contributed by atoms with Crippen LogP contribution in [0.4, 0.5) is 0 Å². The first-order chi connectivity index (χ1) is 8.88. The molecule has 4 saturated heterocycles. The number of hydrogen-bond acceptors (Lipinski definition) is 4. The van der Waals surface area contributed by atoms with Crippen molar-refractivity contribution in [3.63, 3.8) is 0 Å². The maximum absolute atomic E-state index is 5.39. The minimum Gasteiger partial charge on any atom is -0.373 e. The lowest BCUT2D eigenvalue weighted by Crippen LogP contribution is -2.10. The second kappa shape index (κ2) is 3.69. The molecule has 7 unspecified atom stereocenters. The topological polar surface area (TPSA) is 50.1 Å². The molecule has 0 radical (unpaired) electrons. The molecule has 18 heavy (non-hydrogen) atoms. The van der Waals surface area contributed by atoms with Gasteiger partial charge in [-0.2, -0.15) is 0 Å². The van der Waals surface area contributed by atoms with Crippen molar-refractivity contribution < 1.29 is 18.9 Å². The molecule has 4 heteroatoms. The zero-order chi connectivity index (χ0) is 11.7. The maximum atomic E-state index is 5.39. The van der Waals surface area contributed by atoms with Gasteiger partial charge in [0.2, 0.25) is 0 Å². The van der Waals surface area contributed by atoms with Crippen LogP contribution in [0.25, 0.3) is 0 Å². The smallest absolute Gasteiger partial charge is 0.0895 e. The molecule has 6 rings (SSSR count). The van der Waals surface area contributed by atoms with Crippen LogP contribution in [0.3, 0.4) is 0 Å². The van der Waals surface area contributed by atoms with E-state index in [9.17, 15) is 0 Å². The van der Waals surface area contributed by atoms with Crippen molar-refractivity contribution in [1.29, 1.82) is 0 Å². The van der Waals surface area contributed by atoms with Gasteiger partial charge in [-0.1, -0.05) is 0 Å². The molecule has 2 saturated carbocycles. The van der Waals surface area contributed by atoms with Gasteiger partial charge in [0.05, 0.1) is 49.8 Å². The highest BCUT2D eigenvalue weighted by atomic mass is 16.6. The van der Waals surface area contributed by atoms with Crippen LogP contribution in [0.2, 0.25) is 0 Å². The molecule has 6 aliphatic rings. The second-order valence-corrected chi connectivity index (χ2v) is 6.57. The van der Waals surface area contributed by atoms with Crippen molar-refractivity contribution >= 4 is 0 Å². The second-order valence-electron chi connectivity index (χ2n) is 6.57. The standard InChI is InChI=1S/2C7H10O2/c1-4(7-3-8-7)2-6-5(1)9-6;1-2-5-7(9-5)4(1)6-3-8-6/h2*4-7H,1-3H2. The monoisotopic (exact) mass is 252 g/mol. The molecular formula is C14H20O4. The molecule has 100 valence electrons. The molecule has 4 nitrogen and oxygen atoms in total. The summed E-state index contributed by atoms with van der Waals surface area (Å²) in [5.41, 5.74) is 0. The van der Waals surface area contributed by atoms with E-state index in [-0.39, 0.29) is 0 Å². The van der Waals surface area contributed by atoms with Crippen molar-refractivity contribution in [2.45, 2.75) is 62.3 Å². The van der Waals surface area contributed by atoms with Crippen LogP contribution in [0.1, 0.15) is 25.7 Å². The molecule has 0 aromatic carbocycles. The summed E-state index contributed by atoms with van der Waals surface area (Å²) in [7, 11) is 0. The third-order valence-electron chi connectivity index (χ3n) is 5.31. The van der Waals surface area contributed by atoms with Gasteiger partial charge in [-0.15, -0.1) is 0 Å². The first kappa shape index (κ1) is 10.6. The summed E-state index contributed by atoms with van der Waals surface area (Å²) >= 11 is 0. The Morgan fingerprint density at radius 1 is 0.667 bits per heavy atom. The van der Waals surface area contributed by atoms with Gasteiger partial charge < -0.3 is 18.9 Å². The van der Waals surface area contributed by atoms with Gasteiger partial charge >= 0.3 is 0 Å². The lowest BCUT2D eigenvalue weighted by molar-refractivity contribution is 0.226. The largest absolute Gasteiger partial charge is 0.373 e. The fourth-order valence-corrected chi connectivity index (χ4v) is 3.90. The summed E-state index contributed by atoms with van der Waals surface area (Å²) in [4.78, 5) is 0. The minimum atomic E-state index is 0.586. The average Bonchev–Trinajstić information content (AvgIpc) is 3.28. The van der Waals surface area contributed by atoms with E-state index >= 15 is 0 Å². The Kier molecular flexibility index (Phi) is 2.17. The SMILES string of the molecule is C1OC1C1CC2OC2C1.C1OC1C1CCC2OC21. The number of ether oxygens (including phenoxy) is 4. The Bertz CT molecular complexity index is 342. The molecule has 0 bridgehead atoms. The van der Waals surface area contributed by atoms with E-state index < -0.39 is 0 Å². The van der Waals surface area contributed by atoms with Crippen LogP contribution < -0.4 is 0 Å². The highest BCUT2D eigenvalue weighted by Crippen LogP contribution is 2.47. The van der Waals surface area contributed by atoms with Gasteiger partial charge in [-0.3, -0.25) is 0 Å². The van der Waals surface area contributed by atoms with Crippen molar-refractivity contribution in [2.24, 2.45) is 11.8 Å². The van der Waals surface area contributed by atoms with Crippen LogP contribution >= 0.6 is 0 Å². The van der Waals surface area contributed by atoms with Gasteiger partial charge in [0.25, 0.3) is 0 Å². The van der Waals surface area contributed by atoms with Crippen LogP contribution in [0, 0.1) is 11.8 Å². The van der Waals surface area contributed by atoms with Crippen LogP contribution in [-0.2, 0) is 18.9 Å². The van der Waals surface area contributed by atoms with Crippen LogP contribution in [-0.4, -0.2) is 49.8 Å². The summed E-state index contributed by atoms with van der Waals surface area (Å²) in [6.45, 7) is 2.02. The number of epoxide rings is 4. The van der Waals surface area contributed by atoms with Gasteiger partial charge in [0.1, 0.15) is 0 Å². The normalized spacial score (nSPS) is 61.3. The summed E-state index contributed by atoms with van der Waals surface area (Å²) in [6, 6.07) is 0. The first-order valence-corrected chi connectivity index (χ1v) is 7.42. The lowest BCUT2D eigenvalue weighted by atomic mass is 10.0. The fraction of sp³-hybridized carbons (Fsp3) is 1.00. The molecule has 4 heterocycles. The number of hydrogen-bond donors (Lipinski definition) is 0. The molecule has 7 atom stereocenters. The Morgan fingerprint density at radius 2 is 1.39 bits per heavy atom. The zero-order valence-corrected chi connectivity index (χ0v) is 10.5. The Labute approximate surface area is 107 Å². The molecule has 0 spiro atoms. The van der Waals surface area contributed by atoms with Gasteiger partial charge in [0.15, 0.2) is 0 Å². The van der Waals surface area contributed by atoms with Crippen LogP contribution in [0.15, 0.2) is 0 Å². The predicted molar refractivity (Wildman–Crippen MR) is 62.3 cm³/mol. The predicted octanol–water partition coefficient (Wildman–Crippen LogP) is 1.13. The van der Waals surface area contributed by atoms with Gasteiger partial charge in [0, 0.05) is 5.92 Å². The van der Waals surface area contributed by atoms with E-state index in [4.69, 9.17) is 18.9 Å². The third-order valence-corrected chi connectivity index (χ3v) is 5.31. The Morgan fingerprint density at radius 3 is 1.89 bits per heavy atom. The van der Waals surface area contributed by atoms with Crippen molar-refractivity contribution in [1.82, 2.24) is 0 Å². The average molecular weight is 252 g/mol. The van der Waals surface area contributed by atoms with E-state index in [1.807, 2.05) is 0 Å². The fourth-order valence-electron chi connectivity index (χ4n) is 3.90. The van der Waals surface area contributed by atoms with E-state index in [0.29, 0.717) is 36.6 Å². The van der Waals surface area contributed by atoms with Gasteiger partial charge in [-0.25, -0.2) is 0 Å². The molecule has 0 amide bonds. The lowest BCUT2D eigenvalue weighted by Gasteiger charge is -2.04. The minimum absolute atomic E-state index is 0.586. The molecule has 4 aliphatic heterocycles. The molecule has 0 N–H and O–H groups in total. The molecule has 2 aliphatic carbocycles. The van der Waals surface area contributed by atoms with Crippen molar-refractivity contribution in [3.05, 3.63) is 0 Å². The molecule has 0 aromatic heterocycles. The van der Waals surface area contributed by atoms with Crippen molar-refractivity contribution in [3.8, 4) is 0 Å². The Balaban J connectivity index is 0.0000000896.